The minimum Gasteiger partial charge on any atom is -0.497 e. The van der Waals surface area contributed by atoms with Crippen LogP contribution in [0.4, 0.5) is 0 Å². The van der Waals surface area contributed by atoms with Crippen molar-refractivity contribution in [2.75, 3.05) is 25.2 Å². The number of carbonyl (C=O) groups excluding carboxylic acids is 2. The monoisotopic (exact) mass is 422 g/mol. The highest BCUT2D eigenvalue weighted by molar-refractivity contribution is 7.99. The van der Waals surface area contributed by atoms with E-state index in [-0.39, 0.29) is 23.6 Å². The number of carboxylic acid groups (broad SMARTS) is 1. The Balaban J connectivity index is 2.02. The van der Waals surface area contributed by atoms with Crippen molar-refractivity contribution in [3.8, 4) is 5.75 Å². The number of nitrogens with one attached hydrogen (secondary N) is 1. The number of amides is 2. The van der Waals surface area contributed by atoms with Crippen LogP contribution in [0.3, 0.4) is 0 Å². The summed E-state index contributed by atoms with van der Waals surface area (Å²) in [5.41, 5.74) is 0.529. The second-order valence-electron chi connectivity index (χ2n) is 7.63. The fourth-order valence-electron chi connectivity index (χ4n) is 3.51. The molecule has 0 aliphatic carbocycles. The molecule has 8 heteroatoms. The highest BCUT2D eigenvalue weighted by Crippen LogP contribution is 2.22. The van der Waals surface area contributed by atoms with Crippen LogP contribution in [0, 0.1) is 5.92 Å². The van der Waals surface area contributed by atoms with Gasteiger partial charge >= 0.3 is 5.97 Å². The van der Waals surface area contributed by atoms with Crippen molar-refractivity contribution in [3.05, 3.63) is 29.8 Å². The second-order valence-corrected chi connectivity index (χ2v) is 8.66. The van der Waals surface area contributed by atoms with E-state index < -0.39 is 12.0 Å². The van der Waals surface area contributed by atoms with E-state index >= 15 is 0 Å². The summed E-state index contributed by atoms with van der Waals surface area (Å²) in [4.78, 5) is 38.2. The van der Waals surface area contributed by atoms with Crippen molar-refractivity contribution in [1.29, 1.82) is 0 Å². The lowest BCUT2D eigenvalue weighted by Crippen LogP contribution is -2.49. The summed E-state index contributed by atoms with van der Waals surface area (Å²) in [6.07, 6.45) is 2.17. The molecule has 0 radical (unpaired) electrons. The summed E-state index contributed by atoms with van der Waals surface area (Å²) in [7, 11) is 1.57. The smallest absolute Gasteiger partial charge is 0.313 e. The number of hydrogen-bond acceptors (Lipinski definition) is 5. The number of methoxy groups -OCH3 is 1. The first kappa shape index (κ1) is 23.1. The van der Waals surface area contributed by atoms with E-state index in [1.54, 1.807) is 36.3 Å². The first-order valence-electron chi connectivity index (χ1n) is 9.86. The largest absolute Gasteiger partial charge is 0.497 e. The lowest BCUT2D eigenvalue weighted by Gasteiger charge is -2.27. The Labute approximate surface area is 176 Å². The minimum absolute atomic E-state index is 0.00990. The minimum atomic E-state index is -0.864. The van der Waals surface area contributed by atoms with E-state index in [0.717, 1.165) is 12.8 Å². The number of rotatable bonds is 10. The van der Waals surface area contributed by atoms with Gasteiger partial charge < -0.3 is 20.1 Å². The molecule has 1 aromatic rings. The molecule has 2 atom stereocenters. The number of carboxylic acids is 1. The van der Waals surface area contributed by atoms with Crippen LogP contribution in [0.1, 0.15) is 43.5 Å². The highest BCUT2D eigenvalue weighted by Gasteiger charge is 2.35. The van der Waals surface area contributed by atoms with Crippen LogP contribution in [-0.4, -0.2) is 65.0 Å². The third-order valence-corrected chi connectivity index (χ3v) is 5.89. The van der Waals surface area contributed by atoms with E-state index in [2.05, 4.69) is 19.2 Å². The molecule has 0 bridgehead atoms. The molecule has 2 N–H and O–H groups in total. The lowest BCUT2D eigenvalue weighted by atomic mass is 10.0. The second kappa shape index (κ2) is 11.1. The van der Waals surface area contributed by atoms with E-state index in [9.17, 15) is 14.4 Å². The molecule has 1 saturated heterocycles. The predicted molar refractivity (Wildman–Crippen MR) is 113 cm³/mol. The fourth-order valence-corrected chi connectivity index (χ4v) is 4.30. The van der Waals surface area contributed by atoms with Gasteiger partial charge in [0.05, 0.1) is 12.9 Å². The molecule has 0 unspecified atom stereocenters. The third kappa shape index (κ3) is 6.96. The lowest BCUT2D eigenvalue weighted by molar-refractivity contribution is -0.134. The van der Waals surface area contributed by atoms with Crippen molar-refractivity contribution in [1.82, 2.24) is 10.2 Å². The molecule has 1 aliphatic rings. The Bertz CT molecular complexity index is 708. The summed E-state index contributed by atoms with van der Waals surface area (Å²) in [6.45, 7) is 4.68. The predicted octanol–water partition coefficient (Wildman–Crippen LogP) is 2.65. The SMILES string of the molecule is COc1ccc(C(=O)N2CCC[C@@H]2C(=O)N[C@H](CSCC(=O)O)CC(C)C)cc1. The molecule has 2 amide bonds. The highest BCUT2D eigenvalue weighted by atomic mass is 32.2. The quantitative estimate of drug-likeness (QED) is 0.602. The van der Waals surface area contributed by atoms with Crippen molar-refractivity contribution in [3.63, 3.8) is 0 Å². The Morgan fingerprint density at radius 3 is 2.55 bits per heavy atom. The van der Waals surface area contributed by atoms with Crippen LogP contribution in [-0.2, 0) is 9.59 Å². The van der Waals surface area contributed by atoms with Crippen LogP contribution in [0.15, 0.2) is 24.3 Å². The first-order chi connectivity index (χ1) is 13.8. The number of likely N-dealkylation sites (tertiary alicyclic amines) is 1. The number of benzene rings is 1. The van der Waals surface area contributed by atoms with Crippen molar-refractivity contribution in [2.24, 2.45) is 5.92 Å². The number of aliphatic carboxylic acids is 1. The summed E-state index contributed by atoms with van der Waals surface area (Å²) in [6, 6.07) is 6.26. The fraction of sp³-hybridized carbons (Fsp3) is 0.571. The van der Waals surface area contributed by atoms with E-state index in [1.165, 1.54) is 11.8 Å². The van der Waals surface area contributed by atoms with Crippen molar-refractivity contribution in [2.45, 2.75) is 45.2 Å². The maximum atomic E-state index is 12.9. The normalized spacial score (nSPS) is 17.2. The number of carbonyl (C=O) groups is 3. The Kier molecular flexibility index (Phi) is 8.82. The Hall–Kier alpha value is -2.22. The molecule has 1 aromatic carbocycles. The average molecular weight is 423 g/mol. The molecule has 0 spiro atoms. The molecule has 1 fully saturated rings. The van der Waals surface area contributed by atoms with E-state index in [4.69, 9.17) is 9.84 Å². The van der Waals surface area contributed by atoms with Gasteiger partial charge in [-0.2, -0.15) is 0 Å². The van der Waals surface area contributed by atoms with Gasteiger partial charge in [0.25, 0.3) is 5.91 Å². The molecule has 7 nitrogen and oxygen atoms in total. The molecule has 29 heavy (non-hydrogen) atoms. The van der Waals surface area contributed by atoms with Crippen LogP contribution in [0.25, 0.3) is 0 Å². The van der Waals surface area contributed by atoms with Gasteiger partial charge in [-0.1, -0.05) is 13.8 Å². The standard InChI is InChI=1S/C21H30N2O5S/c1-14(2)11-16(12-29-13-19(24)25)22-20(26)18-5-4-10-23(18)21(27)15-6-8-17(28-3)9-7-15/h6-9,14,16,18H,4-5,10-13H2,1-3H3,(H,22,26)(H,24,25)/t16-,18+/m0/s1. The molecule has 2 rings (SSSR count). The Morgan fingerprint density at radius 1 is 1.28 bits per heavy atom. The summed E-state index contributed by atoms with van der Waals surface area (Å²) in [5.74, 6) is 0.401. The maximum absolute atomic E-state index is 12.9. The topological polar surface area (TPSA) is 95.9 Å². The number of nitrogens with zero attached hydrogens (tertiary/aromatic N) is 1. The van der Waals surface area contributed by atoms with Crippen molar-refractivity contribution < 1.29 is 24.2 Å². The zero-order valence-corrected chi connectivity index (χ0v) is 18.0. The van der Waals surface area contributed by atoms with Gasteiger partial charge in [-0.15, -0.1) is 11.8 Å². The zero-order chi connectivity index (χ0) is 21.4. The van der Waals surface area contributed by atoms with Gasteiger partial charge in [0.15, 0.2) is 0 Å². The number of ether oxygens (including phenoxy) is 1. The molecular formula is C21H30N2O5S. The van der Waals surface area contributed by atoms with Gasteiger partial charge in [0, 0.05) is 23.9 Å². The molecule has 1 aliphatic heterocycles. The zero-order valence-electron chi connectivity index (χ0n) is 17.2. The summed E-state index contributed by atoms with van der Waals surface area (Å²) >= 11 is 1.30. The van der Waals surface area contributed by atoms with Crippen LogP contribution in [0.5, 0.6) is 5.75 Å². The van der Waals surface area contributed by atoms with Crippen LogP contribution < -0.4 is 10.1 Å². The first-order valence-corrected chi connectivity index (χ1v) is 11.0. The Morgan fingerprint density at radius 2 is 1.97 bits per heavy atom. The van der Waals surface area contributed by atoms with Crippen LogP contribution in [0.2, 0.25) is 0 Å². The summed E-state index contributed by atoms with van der Waals surface area (Å²) in [5, 5.41) is 11.9. The average Bonchev–Trinajstić information content (AvgIpc) is 3.16. The number of hydrogen-bond donors (Lipinski definition) is 2. The molecular weight excluding hydrogens is 392 g/mol. The molecule has 0 saturated carbocycles. The van der Waals surface area contributed by atoms with E-state index in [0.29, 0.717) is 35.9 Å². The molecule has 160 valence electrons. The van der Waals surface area contributed by atoms with Gasteiger partial charge in [0.1, 0.15) is 11.8 Å². The van der Waals surface area contributed by atoms with Gasteiger partial charge in [-0.3, -0.25) is 14.4 Å². The number of thioether (sulfide) groups is 1. The maximum Gasteiger partial charge on any atom is 0.313 e. The van der Waals surface area contributed by atoms with Gasteiger partial charge in [-0.25, -0.2) is 0 Å². The third-order valence-electron chi connectivity index (χ3n) is 4.80. The van der Waals surface area contributed by atoms with E-state index in [1.807, 2.05) is 0 Å². The molecule has 1 heterocycles. The molecule has 0 aromatic heterocycles. The van der Waals surface area contributed by atoms with Gasteiger partial charge in [-0.05, 0) is 49.4 Å². The van der Waals surface area contributed by atoms with Crippen LogP contribution >= 0.6 is 11.8 Å². The van der Waals surface area contributed by atoms with Crippen molar-refractivity contribution >= 4 is 29.5 Å². The van der Waals surface area contributed by atoms with Gasteiger partial charge in [0.2, 0.25) is 5.91 Å². The summed E-state index contributed by atoms with van der Waals surface area (Å²) < 4.78 is 5.13.